The summed E-state index contributed by atoms with van der Waals surface area (Å²) in [5.41, 5.74) is 9.66. The normalized spacial score (nSPS) is 12.5. The molecule has 5 atom stereocenters. The maximum Gasteiger partial charge on any atom is 0.573 e. The summed E-state index contributed by atoms with van der Waals surface area (Å²) in [4.78, 5) is 78.6. The predicted molar refractivity (Wildman–Crippen MR) is 413 cm³/mol. The molecule has 586 valence electrons. The van der Waals surface area contributed by atoms with Crippen LogP contribution in [0.2, 0.25) is 10.0 Å². The van der Waals surface area contributed by atoms with Crippen molar-refractivity contribution in [1.29, 1.82) is 0 Å². The van der Waals surface area contributed by atoms with E-state index in [1.807, 2.05) is 85.1 Å². The lowest BCUT2D eigenvalue weighted by atomic mass is 10.0. The van der Waals surface area contributed by atoms with Crippen molar-refractivity contribution in [3.8, 4) is 67.8 Å². The first-order chi connectivity index (χ1) is 52.6. The lowest BCUT2D eigenvalue weighted by Crippen LogP contribution is -2.34. The van der Waals surface area contributed by atoms with Crippen molar-refractivity contribution >= 4 is 52.1 Å². The molecule has 10 aromatic rings. The minimum Gasteiger partial charge on any atom is -0.406 e. The van der Waals surface area contributed by atoms with Gasteiger partial charge < -0.3 is 36.1 Å². The molecule has 111 heavy (non-hydrogen) atoms. The second-order valence-corrected chi connectivity index (χ2v) is 26.0. The number of hydrogen-bond donors (Lipinski definition) is 5. The van der Waals surface area contributed by atoms with Crippen molar-refractivity contribution in [2.75, 3.05) is 35.2 Å². The Morgan fingerprint density at radius 1 is 0.351 bits per heavy atom. The number of benzene rings is 5. The molecule has 0 fully saturated rings. The van der Waals surface area contributed by atoms with Crippen LogP contribution in [0.25, 0.3) is 56.3 Å². The Labute approximate surface area is 648 Å². The van der Waals surface area contributed by atoms with E-state index in [0.717, 1.165) is 56.4 Å². The first-order valence-corrected chi connectivity index (χ1v) is 35.4. The zero-order valence-corrected chi connectivity index (χ0v) is 63.9. The highest BCUT2D eigenvalue weighted by atomic mass is 35.5. The number of nitrogens with one attached hydrogen (secondary N) is 5. The molecule has 5 aromatic heterocycles. The second kappa shape index (κ2) is 43.2. The van der Waals surface area contributed by atoms with E-state index in [9.17, 15) is 63.5 Å². The van der Waals surface area contributed by atoms with Crippen LogP contribution in [0, 0.1) is 0 Å². The molecule has 0 aliphatic carbocycles. The number of para-hydroxylation sites is 1. The van der Waals surface area contributed by atoms with Gasteiger partial charge in [-0.3, -0.25) is 48.9 Å². The highest BCUT2D eigenvalue weighted by Gasteiger charge is 2.35. The number of ether oxygens (including phenoxy) is 2. The molecule has 0 aliphatic heterocycles. The highest BCUT2D eigenvalue weighted by Crippen LogP contribution is 2.37. The van der Waals surface area contributed by atoms with Crippen molar-refractivity contribution < 1.29 is 73.0 Å². The Hall–Kier alpha value is -10.5. The van der Waals surface area contributed by atoms with Crippen LogP contribution < -0.4 is 36.1 Å². The number of aromatic nitrogens is 5. The number of pyridine rings is 5. The summed E-state index contributed by atoms with van der Waals surface area (Å²) < 4.78 is 121. The zero-order chi connectivity index (χ0) is 81.6. The Bertz CT molecular complexity index is 4620. The lowest BCUT2D eigenvalue weighted by molar-refractivity contribution is -0.275. The van der Waals surface area contributed by atoms with Gasteiger partial charge in [0, 0.05) is 68.8 Å². The van der Waals surface area contributed by atoms with E-state index in [1.54, 1.807) is 110 Å². The number of carbonyl (C=O) groups is 5. The minimum atomic E-state index is -4.77. The molecule has 0 saturated carbocycles. The molecule has 0 amide bonds. The number of carbonyl (C=O) groups excluding carboxylic acids is 5. The van der Waals surface area contributed by atoms with E-state index in [-0.39, 0.29) is 87.4 Å². The molecule has 28 heteroatoms. The van der Waals surface area contributed by atoms with Crippen LogP contribution in [0.3, 0.4) is 0 Å². The third-order valence-corrected chi connectivity index (χ3v) is 17.6. The van der Waals surface area contributed by atoms with Gasteiger partial charge in [-0.2, -0.15) is 13.2 Å². The van der Waals surface area contributed by atoms with Crippen molar-refractivity contribution in [1.82, 2.24) is 51.5 Å². The fourth-order valence-corrected chi connectivity index (χ4v) is 11.4. The second-order valence-electron chi connectivity index (χ2n) is 25.2. The maximum absolute atomic E-state index is 13.0. The fraction of sp³-hybridized carbons (Fsp3) is 0.277. The van der Waals surface area contributed by atoms with Crippen LogP contribution in [0.4, 0.5) is 39.5 Å². The molecule has 0 saturated heterocycles. The molecule has 10 rings (SSSR count). The van der Waals surface area contributed by atoms with E-state index in [1.165, 1.54) is 81.6 Å². The van der Waals surface area contributed by atoms with Gasteiger partial charge in [-0.15, -0.1) is 26.3 Å². The molecule has 0 spiro atoms. The van der Waals surface area contributed by atoms with Gasteiger partial charge in [0.1, 0.15) is 40.4 Å². The number of ketones is 5. The Kier molecular flexibility index (Phi) is 34.8. The van der Waals surface area contributed by atoms with Gasteiger partial charge in [-0.1, -0.05) is 114 Å². The molecular formula is C83H85Cl2F9N10O7. The fourth-order valence-electron chi connectivity index (χ4n) is 11.0. The first-order valence-electron chi connectivity index (χ1n) is 34.6. The van der Waals surface area contributed by atoms with Crippen LogP contribution in [0.15, 0.2) is 213 Å². The molecule has 0 bridgehead atoms. The number of halogens is 11. The van der Waals surface area contributed by atoms with Gasteiger partial charge in [0.05, 0.1) is 64.2 Å². The summed E-state index contributed by atoms with van der Waals surface area (Å²) in [6.45, 7) is 7.69. The van der Waals surface area contributed by atoms with Crippen molar-refractivity contribution in [2.45, 2.75) is 116 Å². The standard InChI is InChI=1S/2C17H17F3N2O2.C17H17F3N2O.2C16H17ClN2O/c1-11(23)16(21-2)9-12-3-8-15(22-10-12)13-4-6-14(7-5-13)24-17(18,19)20;1-11(23)15(21-2)9-12-7-8-14(22-10-12)13-5-3-4-6-16(13)24-17(18,19)20;1-11(23)16(21-2)9-12-7-8-15(22-10-12)13-5-3-4-6-14(13)17(18,19)20;1-11(20)16(18-2)8-12-6-7-15(19-10-12)13-4-3-5-14(17)9-13;1-11(20)16(18-2)9-12-7-8-15(19-10-12)13-5-3-4-6-14(13)17/h3-8,10,16,21H,9H2,1-2H3;3-8,10,15,21H,9H2,1-2H3;3-8,10,16,21H,9H2,1-2H3;3-7,9-10,16,18H,8H2,1-2H3;3-8,10,16,18H,9H2,1-2H3/t16-;15-;3*16-/m00000/s1. The number of likely N-dealkylation sites (N-methyl/N-ethyl adjacent to an activating group) is 5. The molecule has 0 aliphatic rings. The van der Waals surface area contributed by atoms with Gasteiger partial charge in [0.15, 0.2) is 0 Å². The number of hydrogen-bond acceptors (Lipinski definition) is 17. The summed E-state index contributed by atoms with van der Waals surface area (Å²) in [6.07, 6.45) is -2.86. The molecule has 0 radical (unpaired) electrons. The number of alkyl halides is 9. The Balaban J connectivity index is 0.000000217. The van der Waals surface area contributed by atoms with E-state index in [4.69, 9.17) is 23.2 Å². The summed E-state index contributed by atoms with van der Waals surface area (Å²) in [7, 11) is 8.68. The monoisotopic (exact) mass is 1570 g/mol. The average molecular weight is 1580 g/mol. The highest BCUT2D eigenvalue weighted by molar-refractivity contribution is 6.33. The van der Waals surface area contributed by atoms with Crippen LogP contribution in [-0.4, -0.2) is 132 Å². The minimum absolute atomic E-state index is 0.000932. The quantitative estimate of drug-likeness (QED) is 0.0302. The van der Waals surface area contributed by atoms with Gasteiger partial charge in [0.2, 0.25) is 0 Å². The maximum atomic E-state index is 13.0. The molecule has 17 nitrogen and oxygen atoms in total. The number of rotatable bonds is 27. The summed E-state index contributed by atoms with van der Waals surface area (Å²) in [6, 6.07) is 48.7. The molecule has 0 unspecified atom stereocenters. The Morgan fingerprint density at radius 3 is 1.01 bits per heavy atom. The molecule has 5 heterocycles. The average Bonchev–Trinajstić information content (AvgIpc) is 0.812. The van der Waals surface area contributed by atoms with Crippen LogP contribution in [0.5, 0.6) is 11.5 Å². The van der Waals surface area contributed by atoms with Crippen LogP contribution in [0.1, 0.15) is 68.0 Å². The van der Waals surface area contributed by atoms with Gasteiger partial charge in [-0.25, -0.2) is 0 Å². The molecular weight excluding hydrogens is 1490 g/mol. The first kappa shape index (κ1) is 89.4. The third-order valence-electron chi connectivity index (χ3n) is 17.1. The van der Waals surface area contributed by atoms with Gasteiger partial charge in [-0.05, 0) is 221 Å². The van der Waals surface area contributed by atoms with Gasteiger partial charge in [0.25, 0.3) is 0 Å². The smallest absolute Gasteiger partial charge is 0.406 e. The lowest BCUT2D eigenvalue weighted by Gasteiger charge is -2.14. The van der Waals surface area contributed by atoms with E-state index in [0.29, 0.717) is 59.1 Å². The van der Waals surface area contributed by atoms with Gasteiger partial charge >= 0.3 is 18.9 Å². The number of nitrogens with zero attached hydrogens (tertiary/aromatic N) is 5. The van der Waals surface area contributed by atoms with Crippen LogP contribution >= 0.6 is 23.2 Å². The molecule has 5 N–H and O–H groups in total. The van der Waals surface area contributed by atoms with Crippen molar-refractivity contribution in [3.63, 3.8) is 0 Å². The zero-order valence-electron chi connectivity index (χ0n) is 62.4. The van der Waals surface area contributed by atoms with E-state index >= 15 is 0 Å². The Morgan fingerprint density at radius 2 is 0.676 bits per heavy atom. The third kappa shape index (κ3) is 29.7. The van der Waals surface area contributed by atoms with Crippen molar-refractivity contribution in [2.24, 2.45) is 0 Å². The largest absolute Gasteiger partial charge is 0.573 e. The number of Topliss-reactive ketones (excluding diaryl/α,β-unsaturated/α-hetero) is 5. The van der Waals surface area contributed by atoms with E-state index in [2.05, 4.69) is 61.0 Å². The summed E-state index contributed by atoms with van der Waals surface area (Å²) >= 11 is 12.1. The van der Waals surface area contributed by atoms with Crippen LogP contribution in [-0.2, 0) is 62.3 Å². The van der Waals surface area contributed by atoms with E-state index < -0.39 is 24.5 Å². The summed E-state index contributed by atoms with van der Waals surface area (Å²) in [5, 5.41) is 16.1. The molecule has 5 aromatic carbocycles. The predicted octanol–water partition coefficient (Wildman–Crippen LogP) is 16.5. The topological polar surface area (TPSA) is 228 Å². The summed E-state index contributed by atoms with van der Waals surface area (Å²) in [5.74, 6) is -0.274. The SMILES string of the molecule is CN[C@@H](Cc1ccc(-c2ccc(OC(F)(F)F)cc2)nc1)C(C)=O.CN[C@@H](Cc1ccc(-c2cccc(Cl)c2)nc1)C(C)=O.CN[C@@H](Cc1ccc(-c2ccccc2C(F)(F)F)nc1)C(C)=O.CN[C@@H](Cc1ccc(-c2ccccc2Cl)nc1)C(C)=O.CN[C@@H](Cc1ccc(-c2ccccc2OC(F)(F)F)nc1)C(C)=O. The van der Waals surface area contributed by atoms with Crippen molar-refractivity contribution in [3.05, 3.63) is 256 Å².